The molecule has 1 saturated carbocycles. The lowest BCUT2D eigenvalue weighted by Crippen LogP contribution is -2.65. The van der Waals surface area contributed by atoms with Crippen molar-refractivity contribution in [3.8, 4) is 0 Å². The van der Waals surface area contributed by atoms with Crippen LogP contribution >= 0.6 is 0 Å². The standard InChI is InChI=1S/C5H8F3NO/c6-5(7,8)4(10)2-1-3(4)9/h3,10H,1-2,9H2/t3-,4+/m0/s1. The topological polar surface area (TPSA) is 46.2 Å². The minimum Gasteiger partial charge on any atom is -0.379 e. The molecule has 0 amide bonds. The van der Waals surface area contributed by atoms with Crippen LogP contribution in [0.5, 0.6) is 0 Å². The Morgan fingerprint density at radius 1 is 1.50 bits per heavy atom. The summed E-state index contributed by atoms with van der Waals surface area (Å²) in [4.78, 5) is 0. The van der Waals surface area contributed by atoms with Gasteiger partial charge in [-0.25, -0.2) is 0 Å². The first kappa shape index (κ1) is 7.81. The van der Waals surface area contributed by atoms with Gasteiger partial charge in [0.25, 0.3) is 0 Å². The van der Waals surface area contributed by atoms with Gasteiger partial charge in [0, 0.05) is 6.04 Å². The van der Waals surface area contributed by atoms with Gasteiger partial charge >= 0.3 is 6.18 Å². The van der Waals surface area contributed by atoms with E-state index < -0.39 is 17.8 Å². The minimum atomic E-state index is -4.56. The van der Waals surface area contributed by atoms with Crippen LogP contribution in [0.3, 0.4) is 0 Å². The predicted octanol–water partition coefficient (Wildman–Crippen LogP) is 0.401. The summed E-state index contributed by atoms with van der Waals surface area (Å²) < 4.78 is 35.4. The smallest absolute Gasteiger partial charge is 0.379 e. The first-order valence-electron chi connectivity index (χ1n) is 2.92. The summed E-state index contributed by atoms with van der Waals surface area (Å²) in [6, 6.07) is -1.13. The molecule has 1 aliphatic carbocycles. The Bertz CT molecular complexity index is 146. The van der Waals surface area contributed by atoms with E-state index in [0.717, 1.165) is 0 Å². The summed E-state index contributed by atoms with van der Waals surface area (Å²) in [6.45, 7) is 0. The van der Waals surface area contributed by atoms with Crippen LogP contribution in [-0.4, -0.2) is 22.9 Å². The van der Waals surface area contributed by atoms with Crippen LogP contribution in [0, 0.1) is 0 Å². The van der Waals surface area contributed by atoms with Crippen LogP contribution in [-0.2, 0) is 0 Å². The lowest BCUT2D eigenvalue weighted by molar-refractivity contribution is -0.293. The van der Waals surface area contributed by atoms with Crippen LogP contribution in [0.25, 0.3) is 0 Å². The molecule has 0 saturated heterocycles. The molecule has 3 N–H and O–H groups in total. The molecule has 2 nitrogen and oxygen atoms in total. The maximum atomic E-state index is 11.8. The highest BCUT2D eigenvalue weighted by atomic mass is 19.4. The third-order valence-corrected chi connectivity index (χ3v) is 1.94. The second-order valence-electron chi connectivity index (χ2n) is 2.57. The summed E-state index contributed by atoms with van der Waals surface area (Å²) in [5, 5.41) is 8.77. The molecule has 5 heteroatoms. The zero-order valence-electron chi connectivity index (χ0n) is 5.15. The zero-order chi connectivity index (χ0) is 7.99. The number of hydrogen-bond acceptors (Lipinski definition) is 2. The van der Waals surface area contributed by atoms with Crippen molar-refractivity contribution < 1.29 is 18.3 Å². The van der Waals surface area contributed by atoms with E-state index in [9.17, 15) is 13.2 Å². The average Bonchev–Trinajstić information content (AvgIpc) is 1.80. The summed E-state index contributed by atoms with van der Waals surface area (Å²) in [5.74, 6) is 0. The van der Waals surface area contributed by atoms with Gasteiger partial charge in [0.05, 0.1) is 0 Å². The van der Waals surface area contributed by atoms with Crippen LogP contribution in [0.2, 0.25) is 0 Å². The Balaban J connectivity index is 2.70. The molecule has 0 unspecified atom stereocenters. The molecule has 2 atom stereocenters. The fourth-order valence-corrected chi connectivity index (χ4v) is 0.936. The van der Waals surface area contributed by atoms with E-state index in [2.05, 4.69) is 0 Å². The normalized spacial score (nSPS) is 41.1. The van der Waals surface area contributed by atoms with Gasteiger partial charge in [-0.05, 0) is 12.8 Å². The second-order valence-corrected chi connectivity index (χ2v) is 2.57. The molecular formula is C5H8F3NO. The second kappa shape index (κ2) is 1.85. The Morgan fingerprint density at radius 3 is 2.00 bits per heavy atom. The van der Waals surface area contributed by atoms with Crippen molar-refractivity contribution in [2.45, 2.75) is 30.7 Å². The first-order valence-corrected chi connectivity index (χ1v) is 2.92. The molecule has 0 heterocycles. The van der Waals surface area contributed by atoms with Gasteiger partial charge in [0.15, 0.2) is 5.60 Å². The Morgan fingerprint density at radius 2 is 2.00 bits per heavy atom. The van der Waals surface area contributed by atoms with Crippen LogP contribution in [0.1, 0.15) is 12.8 Å². The minimum absolute atomic E-state index is 0.246. The van der Waals surface area contributed by atoms with E-state index in [-0.39, 0.29) is 12.8 Å². The van der Waals surface area contributed by atoms with Crippen molar-refractivity contribution in [3.05, 3.63) is 0 Å². The number of rotatable bonds is 0. The number of aliphatic hydroxyl groups is 1. The van der Waals surface area contributed by atoms with Gasteiger partial charge in [0.2, 0.25) is 0 Å². The van der Waals surface area contributed by atoms with Crippen molar-refractivity contribution in [2.75, 3.05) is 0 Å². The lowest BCUT2D eigenvalue weighted by atomic mass is 9.75. The molecule has 0 bridgehead atoms. The van der Waals surface area contributed by atoms with Crippen molar-refractivity contribution >= 4 is 0 Å². The van der Waals surface area contributed by atoms with Gasteiger partial charge in [-0.1, -0.05) is 0 Å². The predicted molar refractivity (Wildman–Crippen MR) is 28.2 cm³/mol. The van der Waals surface area contributed by atoms with Crippen molar-refractivity contribution in [1.82, 2.24) is 0 Å². The van der Waals surface area contributed by atoms with E-state index >= 15 is 0 Å². The van der Waals surface area contributed by atoms with E-state index in [4.69, 9.17) is 10.8 Å². The number of halogens is 3. The molecule has 1 fully saturated rings. The van der Waals surface area contributed by atoms with Crippen LogP contribution < -0.4 is 5.73 Å². The van der Waals surface area contributed by atoms with E-state index in [1.54, 1.807) is 0 Å². The third-order valence-electron chi connectivity index (χ3n) is 1.94. The fourth-order valence-electron chi connectivity index (χ4n) is 0.936. The quantitative estimate of drug-likeness (QED) is 0.532. The van der Waals surface area contributed by atoms with Gasteiger partial charge in [0.1, 0.15) is 0 Å². The highest BCUT2D eigenvalue weighted by molar-refractivity contribution is 5.04. The molecule has 1 aliphatic rings. The van der Waals surface area contributed by atoms with Gasteiger partial charge < -0.3 is 10.8 Å². The van der Waals surface area contributed by atoms with Crippen molar-refractivity contribution in [3.63, 3.8) is 0 Å². The molecule has 0 spiro atoms. The van der Waals surface area contributed by atoms with E-state index in [1.165, 1.54) is 0 Å². The Kier molecular flexibility index (Phi) is 1.45. The molecular weight excluding hydrogens is 147 g/mol. The van der Waals surface area contributed by atoms with Crippen molar-refractivity contribution in [1.29, 1.82) is 0 Å². The number of alkyl halides is 3. The average molecular weight is 155 g/mol. The molecule has 0 aromatic heterocycles. The van der Waals surface area contributed by atoms with Gasteiger partial charge in [-0.3, -0.25) is 0 Å². The molecule has 0 radical (unpaired) electrons. The SMILES string of the molecule is N[C@H]1CC[C@]1(O)C(F)(F)F. The van der Waals surface area contributed by atoms with Crippen LogP contribution in [0.15, 0.2) is 0 Å². The molecule has 0 aromatic carbocycles. The van der Waals surface area contributed by atoms with Crippen molar-refractivity contribution in [2.24, 2.45) is 5.73 Å². The Hall–Kier alpha value is -0.290. The largest absolute Gasteiger partial charge is 0.418 e. The van der Waals surface area contributed by atoms with Crippen LogP contribution in [0.4, 0.5) is 13.2 Å². The highest BCUT2D eigenvalue weighted by Crippen LogP contribution is 2.43. The lowest BCUT2D eigenvalue weighted by Gasteiger charge is -2.43. The van der Waals surface area contributed by atoms with E-state index in [1.807, 2.05) is 0 Å². The fraction of sp³-hybridized carbons (Fsp3) is 1.00. The Labute approximate surface area is 55.8 Å². The summed E-state index contributed by atoms with van der Waals surface area (Å²) in [5.41, 5.74) is 2.37. The van der Waals surface area contributed by atoms with Gasteiger partial charge in [-0.15, -0.1) is 0 Å². The molecule has 0 aliphatic heterocycles. The maximum absolute atomic E-state index is 11.8. The monoisotopic (exact) mass is 155 g/mol. The summed E-state index contributed by atoms with van der Waals surface area (Å²) in [7, 11) is 0. The molecule has 1 rings (SSSR count). The third kappa shape index (κ3) is 0.809. The maximum Gasteiger partial charge on any atom is 0.418 e. The molecule has 10 heavy (non-hydrogen) atoms. The number of nitrogens with two attached hydrogens (primary N) is 1. The number of hydrogen-bond donors (Lipinski definition) is 2. The van der Waals surface area contributed by atoms with Gasteiger partial charge in [-0.2, -0.15) is 13.2 Å². The molecule has 60 valence electrons. The summed E-state index contributed by atoms with van der Waals surface area (Å²) >= 11 is 0. The highest BCUT2D eigenvalue weighted by Gasteiger charge is 2.62. The van der Waals surface area contributed by atoms with E-state index in [0.29, 0.717) is 0 Å². The molecule has 0 aromatic rings. The summed E-state index contributed by atoms with van der Waals surface area (Å²) in [6.07, 6.45) is -4.58. The zero-order valence-corrected chi connectivity index (χ0v) is 5.15. The first-order chi connectivity index (χ1) is 4.38.